The van der Waals surface area contributed by atoms with E-state index in [1.54, 1.807) is 13.0 Å². The first-order valence-corrected chi connectivity index (χ1v) is 6.46. The van der Waals surface area contributed by atoms with Gasteiger partial charge in [-0.1, -0.05) is 12.1 Å². The zero-order chi connectivity index (χ0) is 16.1. The molecule has 0 bridgehead atoms. The van der Waals surface area contributed by atoms with Gasteiger partial charge in [0.2, 0.25) is 5.91 Å². The number of hydrogen-bond acceptors (Lipinski definition) is 5. The van der Waals surface area contributed by atoms with Gasteiger partial charge in [-0.2, -0.15) is 0 Å². The molecule has 0 saturated carbocycles. The Bertz CT molecular complexity index is 688. The summed E-state index contributed by atoms with van der Waals surface area (Å²) < 4.78 is 14.5. The Kier molecular flexibility index (Phi) is 4.77. The second kappa shape index (κ2) is 6.74. The number of carboxylic acid groups (broad SMARTS) is 1. The second-order valence-corrected chi connectivity index (χ2v) is 4.63. The number of aliphatic carboxylic acids is 1. The van der Waals surface area contributed by atoms with Crippen molar-refractivity contribution >= 4 is 11.9 Å². The fraction of sp³-hybridized carbons (Fsp3) is 0.308. The molecule has 1 aromatic carbocycles. The molecule has 2 N–H and O–H groups in total. The molecule has 0 aliphatic heterocycles. The highest BCUT2D eigenvalue weighted by Crippen LogP contribution is 2.15. The van der Waals surface area contributed by atoms with Crippen LogP contribution in [0.4, 0.5) is 4.39 Å². The minimum absolute atomic E-state index is 0.134. The molecule has 0 radical (unpaired) electrons. The molecular formula is C13H14FN5O3. The smallest absolute Gasteiger partial charge is 0.322 e. The Morgan fingerprint density at radius 3 is 2.82 bits per heavy atom. The number of halogens is 1. The van der Waals surface area contributed by atoms with E-state index in [2.05, 4.69) is 20.8 Å². The first-order valence-electron chi connectivity index (χ1n) is 6.46. The number of nitrogens with zero attached hydrogens (tertiary/aromatic N) is 4. The second-order valence-electron chi connectivity index (χ2n) is 4.63. The van der Waals surface area contributed by atoms with Crippen molar-refractivity contribution in [2.45, 2.75) is 19.4 Å². The van der Waals surface area contributed by atoms with Crippen LogP contribution in [0.2, 0.25) is 0 Å². The predicted molar refractivity (Wildman–Crippen MR) is 72.3 cm³/mol. The highest BCUT2D eigenvalue weighted by Gasteiger charge is 2.24. The van der Waals surface area contributed by atoms with E-state index in [4.69, 9.17) is 5.11 Å². The Morgan fingerprint density at radius 2 is 2.23 bits per heavy atom. The van der Waals surface area contributed by atoms with Crippen molar-refractivity contribution in [3.8, 4) is 0 Å². The summed E-state index contributed by atoms with van der Waals surface area (Å²) in [4.78, 5) is 22.8. The molecule has 0 saturated heterocycles. The van der Waals surface area contributed by atoms with Gasteiger partial charge in [0.1, 0.15) is 24.2 Å². The third-order valence-corrected chi connectivity index (χ3v) is 2.99. The molecular weight excluding hydrogens is 293 g/mol. The van der Waals surface area contributed by atoms with Crippen molar-refractivity contribution in [3.05, 3.63) is 41.5 Å². The molecule has 0 spiro atoms. The molecule has 0 aliphatic rings. The van der Waals surface area contributed by atoms with E-state index < -0.39 is 30.3 Å². The predicted octanol–water partition coefficient (Wildman–Crippen LogP) is 0.105. The monoisotopic (exact) mass is 307 g/mol. The Morgan fingerprint density at radius 1 is 1.45 bits per heavy atom. The van der Waals surface area contributed by atoms with Gasteiger partial charge in [0.05, 0.1) is 0 Å². The minimum atomic E-state index is -1.16. The molecule has 0 aliphatic carbocycles. The van der Waals surface area contributed by atoms with Crippen molar-refractivity contribution in [1.82, 2.24) is 25.5 Å². The summed E-state index contributed by atoms with van der Waals surface area (Å²) in [6.07, 6.45) is 0.134. The average Bonchev–Trinajstić information content (AvgIpc) is 2.88. The number of tetrazole rings is 1. The number of nitrogens with one attached hydrogen (secondary N) is 1. The summed E-state index contributed by atoms with van der Waals surface area (Å²) in [6.45, 7) is 1.10. The Balaban J connectivity index is 2.24. The molecule has 2 aromatic rings. The summed E-state index contributed by atoms with van der Waals surface area (Å²) >= 11 is 0. The lowest BCUT2D eigenvalue weighted by molar-refractivity contribution is -0.138. The first-order chi connectivity index (χ1) is 10.5. The topological polar surface area (TPSA) is 110 Å². The first kappa shape index (κ1) is 15.5. The zero-order valence-corrected chi connectivity index (χ0v) is 11.7. The van der Waals surface area contributed by atoms with Gasteiger partial charge in [-0.3, -0.25) is 9.59 Å². The van der Waals surface area contributed by atoms with Gasteiger partial charge < -0.3 is 10.4 Å². The SMILES string of the molecule is Cc1nnnn1C(Cc1cccc(F)c1)C(=O)NCC(=O)O. The van der Waals surface area contributed by atoms with Crippen LogP contribution in [0.5, 0.6) is 0 Å². The summed E-state index contributed by atoms with van der Waals surface area (Å²) in [5.74, 6) is -1.74. The lowest BCUT2D eigenvalue weighted by Gasteiger charge is -2.17. The van der Waals surface area contributed by atoms with Crippen molar-refractivity contribution in [2.24, 2.45) is 0 Å². The number of hydrogen-bond donors (Lipinski definition) is 2. The molecule has 1 heterocycles. The molecule has 0 fully saturated rings. The number of carbonyl (C=O) groups excluding carboxylic acids is 1. The number of benzene rings is 1. The van der Waals surface area contributed by atoms with E-state index in [0.717, 1.165) is 0 Å². The highest BCUT2D eigenvalue weighted by atomic mass is 19.1. The van der Waals surface area contributed by atoms with E-state index in [1.165, 1.54) is 22.9 Å². The fourth-order valence-corrected chi connectivity index (χ4v) is 1.98. The molecule has 1 atom stereocenters. The van der Waals surface area contributed by atoms with Crippen molar-refractivity contribution in [2.75, 3.05) is 6.54 Å². The van der Waals surface area contributed by atoms with E-state index in [9.17, 15) is 14.0 Å². The van der Waals surface area contributed by atoms with Crippen LogP contribution in [0.1, 0.15) is 17.4 Å². The summed E-state index contributed by atoms with van der Waals surface area (Å²) in [5, 5.41) is 21.8. The molecule has 1 unspecified atom stereocenters. The highest BCUT2D eigenvalue weighted by molar-refractivity contribution is 5.84. The van der Waals surface area contributed by atoms with E-state index >= 15 is 0 Å². The van der Waals surface area contributed by atoms with Crippen LogP contribution in [0.15, 0.2) is 24.3 Å². The number of carbonyl (C=O) groups is 2. The number of carboxylic acids is 1. The van der Waals surface area contributed by atoms with E-state index in [0.29, 0.717) is 11.4 Å². The van der Waals surface area contributed by atoms with Crippen LogP contribution >= 0.6 is 0 Å². The molecule has 2 rings (SSSR count). The summed E-state index contributed by atoms with van der Waals surface area (Å²) in [6, 6.07) is 4.93. The molecule has 116 valence electrons. The number of aryl methyl sites for hydroxylation is 1. The lowest BCUT2D eigenvalue weighted by atomic mass is 10.1. The third-order valence-electron chi connectivity index (χ3n) is 2.99. The van der Waals surface area contributed by atoms with Gasteiger partial charge in [-0.15, -0.1) is 5.10 Å². The van der Waals surface area contributed by atoms with Crippen molar-refractivity contribution < 1.29 is 19.1 Å². The number of aromatic nitrogens is 4. The van der Waals surface area contributed by atoms with Gasteiger partial charge >= 0.3 is 5.97 Å². The van der Waals surface area contributed by atoms with Crippen LogP contribution < -0.4 is 5.32 Å². The summed E-state index contributed by atoms with van der Waals surface area (Å²) in [5.41, 5.74) is 0.574. The normalized spacial score (nSPS) is 11.9. The molecule has 9 heteroatoms. The standard InChI is InChI=1S/C13H14FN5O3/c1-8-16-17-18-19(8)11(13(22)15-7-12(20)21)6-9-3-2-4-10(14)5-9/h2-5,11H,6-7H2,1H3,(H,15,22)(H,20,21). The van der Waals surface area contributed by atoms with Crippen LogP contribution in [-0.2, 0) is 16.0 Å². The Labute approximate surface area is 124 Å². The molecule has 1 aromatic heterocycles. The van der Waals surface area contributed by atoms with Crippen LogP contribution in [0.25, 0.3) is 0 Å². The van der Waals surface area contributed by atoms with Crippen molar-refractivity contribution in [3.63, 3.8) is 0 Å². The molecule has 22 heavy (non-hydrogen) atoms. The van der Waals surface area contributed by atoms with Gasteiger partial charge in [-0.05, 0) is 35.0 Å². The number of amides is 1. The maximum Gasteiger partial charge on any atom is 0.322 e. The van der Waals surface area contributed by atoms with E-state index in [-0.39, 0.29) is 6.42 Å². The zero-order valence-electron chi connectivity index (χ0n) is 11.7. The quantitative estimate of drug-likeness (QED) is 0.783. The van der Waals surface area contributed by atoms with Gasteiger partial charge in [0, 0.05) is 6.42 Å². The van der Waals surface area contributed by atoms with E-state index in [1.807, 2.05) is 0 Å². The van der Waals surface area contributed by atoms with Crippen LogP contribution in [-0.4, -0.2) is 43.7 Å². The maximum absolute atomic E-state index is 13.3. The minimum Gasteiger partial charge on any atom is -0.480 e. The summed E-state index contributed by atoms with van der Waals surface area (Å²) in [7, 11) is 0. The lowest BCUT2D eigenvalue weighted by Crippen LogP contribution is -2.37. The van der Waals surface area contributed by atoms with Gasteiger partial charge in [-0.25, -0.2) is 9.07 Å². The maximum atomic E-state index is 13.3. The molecule has 8 nitrogen and oxygen atoms in total. The fourth-order valence-electron chi connectivity index (χ4n) is 1.98. The van der Waals surface area contributed by atoms with Crippen LogP contribution in [0, 0.1) is 12.7 Å². The average molecular weight is 307 g/mol. The number of rotatable bonds is 6. The van der Waals surface area contributed by atoms with Crippen molar-refractivity contribution in [1.29, 1.82) is 0 Å². The largest absolute Gasteiger partial charge is 0.480 e. The van der Waals surface area contributed by atoms with Gasteiger partial charge in [0.25, 0.3) is 0 Å². The molecule has 1 amide bonds. The third kappa shape index (κ3) is 3.84. The van der Waals surface area contributed by atoms with Gasteiger partial charge in [0.15, 0.2) is 0 Å². The van der Waals surface area contributed by atoms with Crippen LogP contribution in [0.3, 0.4) is 0 Å². The Hall–Kier alpha value is -2.84.